The van der Waals surface area contributed by atoms with Gasteiger partial charge in [0.05, 0.1) is 0 Å². The molecular weight excluding hydrogens is 241 g/mol. The number of benzene rings is 2. The standard InChI is InChI=1S/C15H16FN3/c16-12-6-4-10(5-7-12)14-9-15(19-18-14)11-2-1-3-13(17)8-11/h1-8,14-15,18-19H,9,17H2. The molecule has 1 heterocycles. The highest BCUT2D eigenvalue weighted by Crippen LogP contribution is 2.31. The van der Waals surface area contributed by atoms with E-state index in [4.69, 9.17) is 5.73 Å². The van der Waals surface area contributed by atoms with Gasteiger partial charge in [0.1, 0.15) is 5.82 Å². The Kier molecular flexibility index (Phi) is 3.19. The molecule has 0 aliphatic carbocycles. The summed E-state index contributed by atoms with van der Waals surface area (Å²) in [7, 11) is 0. The first kappa shape index (κ1) is 12.1. The van der Waals surface area contributed by atoms with E-state index in [1.165, 1.54) is 12.1 Å². The van der Waals surface area contributed by atoms with Crippen molar-refractivity contribution >= 4 is 5.69 Å². The third-order valence-electron chi connectivity index (χ3n) is 3.49. The summed E-state index contributed by atoms with van der Waals surface area (Å²) in [6.07, 6.45) is 0.912. The second-order valence-electron chi connectivity index (χ2n) is 4.85. The van der Waals surface area contributed by atoms with E-state index in [0.717, 1.165) is 23.2 Å². The number of rotatable bonds is 2. The highest BCUT2D eigenvalue weighted by atomic mass is 19.1. The Morgan fingerprint density at radius 3 is 2.32 bits per heavy atom. The Morgan fingerprint density at radius 1 is 0.947 bits per heavy atom. The second kappa shape index (κ2) is 4.99. The van der Waals surface area contributed by atoms with E-state index < -0.39 is 0 Å². The fourth-order valence-electron chi connectivity index (χ4n) is 2.46. The van der Waals surface area contributed by atoms with Crippen molar-refractivity contribution in [1.29, 1.82) is 0 Å². The molecule has 1 fully saturated rings. The molecule has 3 nitrogen and oxygen atoms in total. The minimum absolute atomic E-state index is 0.187. The predicted octanol–water partition coefficient (Wildman–Crippen LogP) is 2.69. The highest BCUT2D eigenvalue weighted by Gasteiger charge is 2.26. The average Bonchev–Trinajstić information content (AvgIpc) is 2.89. The average molecular weight is 257 g/mol. The Bertz CT molecular complexity index is 568. The van der Waals surface area contributed by atoms with Crippen molar-refractivity contribution in [2.45, 2.75) is 18.5 Å². The van der Waals surface area contributed by atoms with Gasteiger partial charge in [0.2, 0.25) is 0 Å². The molecule has 2 aromatic carbocycles. The molecule has 4 N–H and O–H groups in total. The molecule has 4 heteroatoms. The third kappa shape index (κ3) is 2.59. The van der Waals surface area contributed by atoms with Gasteiger partial charge in [-0.3, -0.25) is 0 Å². The fourth-order valence-corrected chi connectivity index (χ4v) is 2.46. The molecule has 2 atom stereocenters. The first-order chi connectivity index (χ1) is 9.22. The minimum atomic E-state index is -0.206. The molecule has 2 aromatic rings. The normalized spacial score (nSPS) is 22.6. The quantitative estimate of drug-likeness (QED) is 0.725. The topological polar surface area (TPSA) is 50.1 Å². The third-order valence-corrected chi connectivity index (χ3v) is 3.49. The monoisotopic (exact) mass is 257 g/mol. The van der Waals surface area contributed by atoms with Gasteiger partial charge in [-0.25, -0.2) is 15.2 Å². The van der Waals surface area contributed by atoms with Gasteiger partial charge in [-0.15, -0.1) is 0 Å². The van der Waals surface area contributed by atoms with Gasteiger partial charge in [-0.1, -0.05) is 24.3 Å². The van der Waals surface area contributed by atoms with Crippen LogP contribution in [0.5, 0.6) is 0 Å². The number of anilines is 1. The molecule has 0 bridgehead atoms. The minimum Gasteiger partial charge on any atom is -0.399 e. The van der Waals surface area contributed by atoms with E-state index in [-0.39, 0.29) is 17.9 Å². The zero-order chi connectivity index (χ0) is 13.2. The summed E-state index contributed by atoms with van der Waals surface area (Å²) in [6, 6.07) is 14.9. The smallest absolute Gasteiger partial charge is 0.123 e. The molecule has 2 unspecified atom stereocenters. The molecule has 0 saturated carbocycles. The summed E-state index contributed by atoms with van der Waals surface area (Å²) in [6.45, 7) is 0. The molecule has 1 saturated heterocycles. The molecule has 1 aliphatic heterocycles. The van der Waals surface area contributed by atoms with Crippen LogP contribution in [0.4, 0.5) is 10.1 Å². The summed E-state index contributed by atoms with van der Waals surface area (Å²) in [5, 5.41) is 0. The Balaban J connectivity index is 1.75. The van der Waals surface area contributed by atoms with Gasteiger partial charge < -0.3 is 5.73 Å². The summed E-state index contributed by atoms with van der Waals surface area (Å²) in [5.41, 5.74) is 15.3. The number of nitrogens with two attached hydrogens (primary N) is 1. The Labute approximate surface area is 111 Å². The van der Waals surface area contributed by atoms with Gasteiger partial charge in [0, 0.05) is 17.8 Å². The van der Waals surface area contributed by atoms with E-state index in [1.54, 1.807) is 0 Å². The Morgan fingerprint density at radius 2 is 1.63 bits per heavy atom. The lowest BCUT2D eigenvalue weighted by Crippen LogP contribution is -2.26. The van der Waals surface area contributed by atoms with Crippen LogP contribution in [0.15, 0.2) is 48.5 Å². The molecule has 0 spiro atoms. The zero-order valence-electron chi connectivity index (χ0n) is 10.4. The lowest BCUT2D eigenvalue weighted by atomic mass is 9.97. The Hall–Kier alpha value is -1.91. The molecule has 1 aliphatic rings. The van der Waals surface area contributed by atoms with E-state index in [9.17, 15) is 4.39 Å². The molecule has 0 amide bonds. The second-order valence-corrected chi connectivity index (χ2v) is 4.85. The largest absolute Gasteiger partial charge is 0.399 e. The maximum Gasteiger partial charge on any atom is 0.123 e. The van der Waals surface area contributed by atoms with Crippen molar-refractivity contribution < 1.29 is 4.39 Å². The highest BCUT2D eigenvalue weighted by molar-refractivity contribution is 5.42. The van der Waals surface area contributed by atoms with Crippen molar-refractivity contribution in [3.63, 3.8) is 0 Å². The van der Waals surface area contributed by atoms with Crippen LogP contribution in [-0.4, -0.2) is 0 Å². The van der Waals surface area contributed by atoms with Crippen LogP contribution in [0.25, 0.3) is 0 Å². The van der Waals surface area contributed by atoms with Crippen LogP contribution < -0.4 is 16.6 Å². The van der Waals surface area contributed by atoms with Crippen molar-refractivity contribution in [2.24, 2.45) is 0 Å². The van der Waals surface area contributed by atoms with Crippen LogP contribution in [0.3, 0.4) is 0 Å². The summed E-state index contributed by atoms with van der Waals surface area (Å²) in [4.78, 5) is 0. The molecule has 3 rings (SSSR count). The van der Waals surface area contributed by atoms with Crippen molar-refractivity contribution in [3.8, 4) is 0 Å². The number of hydrogen-bond acceptors (Lipinski definition) is 3. The van der Waals surface area contributed by atoms with Crippen LogP contribution in [-0.2, 0) is 0 Å². The van der Waals surface area contributed by atoms with E-state index in [1.807, 2.05) is 30.3 Å². The summed E-state index contributed by atoms with van der Waals surface area (Å²) in [5.74, 6) is -0.206. The number of halogens is 1. The predicted molar refractivity (Wildman–Crippen MR) is 73.6 cm³/mol. The lowest BCUT2D eigenvalue weighted by molar-refractivity contribution is 0.554. The molecule has 0 radical (unpaired) electrons. The summed E-state index contributed by atoms with van der Waals surface area (Å²) < 4.78 is 12.9. The fraction of sp³-hybridized carbons (Fsp3) is 0.200. The molecule has 0 aromatic heterocycles. The molecular formula is C15H16FN3. The van der Waals surface area contributed by atoms with Crippen molar-refractivity contribution in [3.05, 3.63) is 65.5 Å². The molecule has 19 heavy (non-hydrogen) atoms. The first-order valence-corrected chi connectivity index (χ1v) is 6.34. The van der Waals surface area contributed by atoms with Gasteiger partial charge in [0.15, 0.2) is 0 Å². The van der Waals surface area contributed by atoms with E-state index >= 15 is 0 Å². The van der Waals surface area contributed by atoms with Crippen LogP contribution in [0, 0.1) is 5.82 Å². The van der Waals surface area contributed by atoms with Crippen molar-refractivity contribution in [1.82, 2.24) is 10.9 Å². The van der Waals surface area contributed by atoms with Gasteiger partial charge in [0.25, 0.3) is 0 Å². The summed E-state index contributed by atoms with van der Waals surface area (Å²) >= 11 is 0. The van der Waals surface area contributed by atoms with Crippen molar-refractivity contribution in [2.75, 3.05) is 5.73 Å². The zero-order valence-corrected chi connectivity index (χ0v) is 10.4. The molecule has 98 valence electrons. The van der Waals surface area contributed by atoms with Crippen LogP contribution >= 0.6 is 0 Å². The number of hydrogen-bond donors (Lipinski definition) is 3. The van der Waals surface area contributed by atoms with Gasteiger partial charge in [-0.2, -0.15) is 0 Å². The first-order valence-electron chi connectivity index (χ1n) is 6.34. The van der Waals surface area contributed by atoms with Crippen LogP contribution in [0.2, 0.25) is 0 Å². The van der Waals surface area contributed by atoms with Gasteiger partial charge in [-0.05, 0) is 41.8 Å². The SMILES string of the molecule is Nc1cccc(C2CC(c3ccc(F)cc3)NN2)c1. The number of nitrogens with one attached hydrogen (secondary N) is 2. The van der Waals surface area contributed by atoms with Gasteiger partial charge >= 0.3 is 0 Å². The maximum atomic E-state index is 12.9. The van der Waals surface area contributed by atoms with Crippen LogP contribution in [0.1, 0.15) is 29.6 Å². The van der Waals surface area contributed by atoms with E-state index in [0.29, 0.717) is 0 Å². The van der Waals surface area contributed by atoms with E-state index in [2.05, 4.69) is 16.9 Å². The maximum absolute atomic E-state index is 12.9. The number of hydrazine groups is 1. The number of nitrogen functional groups attached to an aromatic ring is 1. The lowest BCUT2D eigenvalue weighted by Gasteiger charge is -2.10.